The second kappa shape index (κ2) is 10.2. The summed E-state index contributed by atoms with van der Waals surface area (Å²) < 4.78 is 7.41. The van der Waals surface area contributed by atoms with Crippen LogP contribution in [0.4, 0.5) is 0 Å². The number of fused-ring (bicyclic) bond motifs is 3. The van der Waals surface area contributed by atoms with Gasteiger partial charge in [-0.1, -0.05) is 48.5 Å². The molecular formula is C30H28N6O3. The summed E-state index contributed by atoms with van der Waals surface area (Å²) in [7, 11) is 0. The van der Waals surface area contributed by atoms with Crippen molar-refractivity contribution in [2.75, 3.05) is 6.54 Å². The van der Waals surface area contributed by atoms with Crippen molar-refractivity contribution >= 4 is 38.9 Å². The summed E-state index contributed by atoms with van der Waals surface area (Å²) in [5, 5.41) is 0.980. The molecule has 0 spiro atoms. The zero-order valence-electron chi connectivity index (χ0n) is 21.5. The van der Waals surface area contributed by atoms with Gasteiger partial charge in [-0.15, -0.1) is 0 Å². The molecule has 0 saturated carbocycles. The van der Waals surface area contributed by atoms with Crippen LogP contribution in [0.1, 0.15) is 31.0 Å². The third-order valence-electron chi connectivity index (χ3n) is 6.88. The maximum Gasteiger partial charge on any atom is 0.310 e. The average molecular weight is 521 g/mol. The number of carbonyl (C=O) groups is 1. The van der Waals surface area contributed by atoms with Gasteiger partial charge in [0.1, 0.15) is 5.69 Å². The SMILES string of the molecule is CC(=O)Oc1nc2cc3[nH]c(=O)c(-c4c(Cc5ccccc5)n(CCCCN)c5ccccc45)nc3cc2[nH]1. The van der Waals surface area contributed by atoms with E-state index >= 15 is 0 Å². The maximum atomic E-state index is 13.6. The number of H-pyrrole nitrogens is 2. The first-order valence-electron chi connectivity index (χ1n) is 13.0. The molecule has 0 aliphatic rings. The zero-order valence-corrected chi connectivity index (χ0v) is 21.5. The van der Waals surface area contributed by atoms with Crippen molar-refractivity contribution in [3.05, 3.63) is 88.3 Å². The predicted octanol–water partition coefficient (Wildman–Crippen LogP) is 4.68. The average Bonchev–Trinajstić information content (AvgIpc) is 3.44. The third kappa shape index (κ3) is 4.68. The van der Waals surface area contributed by atoms with Crippen molar-refractivity contribution in [3.63, 3.8) is 0 Å². The van der Waals surface area contributed by atoms with E-state index in [2.05, 4.69) is 37.7 Å². The van der Waals surface area contributed by atoms with E-state index in [9.17, 15) is 9.59 Å². The van der Waals surface area contributed by atoms with Crippen molar-refractivity contribution < 1.29 is 9.53 Å². The number of esters is 1. The van der Waals surface area contributed by atoms with Crippen LogP contribution in [-0.2, 0) is 17.8 Å². The number of nitrogens with one attached hydrogen (secondary N) is 2. The Hall–Kier alpha value is -4.76. The second-order valence-electron chi connectivity index (χ2n) is 9.59. The van der Waals surface area contributed by atoms with E-state index < -0.39 is 5.97 Å². The zero-order chi connectivity index (χ0) is 26.9. The first-order valence-corrected chi connectivity index (χ1v) is 13.0. The lowest BCUT2D eigenvalue weighted by molar-refractivity contribution is -0.132. The second-order valence-corrected chi connectivity index (χ2v) is 9.59. The number of unbranched alkanes of at least 4 members (excludes halogenated alkanes) is 1. The van der Waals surface area contributed by atoms with Crippen molar-refractivity contribution in [2.24, 2.45) is 5.73 Å². The summed E-state index contributed by atoms with van der Waals surface area (Å²) in [4.78, 5) is 40.2. The molecular weight excluding hydrogens is 492 g/mol. The smallest absolute Gasteiger partial charge is 0.310 e. The summed E-state index contributed by atoms with van der Waals surface area (Å²) >= 11 is 0. The molecule has 6 rings (SSSR count). The number of nitrogens with zero attached hydrogens (tertiary/aromatic N) is 3. The number of rotatable bonds is 8. The van der Waals surface area contributed by atoms with Crippen LogP contribution < -0.4 is 16.0 Å². The molecule has 39 heavy (non-hydrogen) atoms. The minimum Gasteiger partial charge on any atom is -0.392 e. The third-order valence-corrected chi connectivity index (χ3v) is 6.88. The van der Waals surface area contributed by atoms with E-state index in [1.54, 1.807) is 12.1 Å². The Balaban J connectivity index is 1.57. The van der Waals surface area contributed by atoms with Gasteiger partial charge in [0.2, 0.25) is 0 Å². The summed E-state index contributed by atoms with van der Waals surface area (Å²) in [6.07, 6.45) is 2.50. The fraction of sp³-hybridized carbons (Fsp3) is 0.200. The van der Waals surface area contributed by atoms with Crippen LogP contribution >= 0.6 is 0 Å². The molecule has 0 saturated heterocycles. The van der Waals surface area contributed by atoms with Crippen molar-refractivity contribution in [2.45, 2.75) is 32.7 Å². The number of aromatic nitrogens is 5. The van der Waals surface area contributed by atoms with Crippen molar-refractivity contribution in [1.82, 2.24) is 24.5 Å². The molecule has 0 aliphatic carbocycles. The first-order chi connectivity index (χ1) is 19.0. The molecule has 6 aromatic rings. The van der Waals surface area contributed by atoms with Crippen molar-refractivity contribution in [3.8, 4) is 17.3 Å². The molecule has 9 heteroatoms. The molecule has 4 N–H and O–H groups in total. The van der Waals surface area contributed by atoms with Gasteiger partial charge >= 0.3 is 12.0 Å². The Labute approximate surface area is 223 Å². The van der Waals surface area contributed by atoms with Gasteiger partial charge in [0.25, 0.3) is 5.56 Å². The summed E-state index contributed by atoms with van der Waals surface area (Å²) in [5.41, 5.74) is 12.3. The standard InChI is InChI=1S/C30H28N6O3/c1-18(37)39-30-34-23-16-21-22(17-24(23)35-30)33-29(38)28(32-21)27-20-11-5-6-12-25(20)36(14-8-7-13-31)26(27)15-19-9-3-2-4-10-19/h2-6,9-12,16-17H,7-8,13-15,31H2,1H3,(H,33,38)(H,34,35). The van der Waals surface area contributed by atoms with E-state index in [1.165, 1.54) is 6.92 Å². The lowest BCUT2D eigenvalue weighted by Gasteiger charge is -2.13. The van der Waals surface area contributed by atoms with E-state index in [0.717, 1.165) is 47.1 Å². The molecule has 3 heterocycles. The number of hydrogen-bond acceptors (Lipinski definition) is 6. The normalized spacial score (nSPS) is 11.5. The first kappa shape index (κ1) is 24.6. The van der Waals surface area contributed by atoms with Crippen molar-refractivity contribution in [1.29, 1.82) is 0 Å². The summed E-state index contributed by atoms with van der Waals surface area (Å²) in [5.74, 6) is -0.471. The molecule has 0 amide bonds. The Morgan fingerprint density at radius 3 is 2.44 bits per heavy atom. The van der Waals surface area contributed by atoms with E-state index in [0.29, 0.717) is 40.7 Å². The largest absolute Gasteiger partial charge is 0.392 e. The summed E-state index contributed by atoms with van der Waals surface area (Å²) in [6.45, 7) is 2.74. The number of aryl methyl sites for hydroxylation is 1. The number of carbonyl (C=O) groups excluding carboxylic acids is 1. The Kier molecular flexibility index (Phi) is 6.42. The van der Waals surface area contributed by atoms with Crippen LogP contribution in [0.3, 0.4) is 0 Å². The highest BCUT2D eigenvalue weighted by atomic mass is 16.5. The number of ether oxygens (including phenoxy) is 1. The maximum absolute atomic E-state index is 13.6. The van der Waals surface area contributed by atoms with E-state index in [1.807, 2.05) is 36.4 Å². The minimum atomic E-state index is -0.471. The topological polar surface area (TPSA) is 132 Å². The van der Waals surface area contributed by atoms with Gasteiger partial charge in [0.05, 0.1) is 22.1 Å². The number of hydrogen-bond donors (Lipinski definition) is 3. The number of nitrogens with two attached hydrogens (primary N) is 1. The lowest BCUT2D eigenvalue weighted by atomic mass is 10.0. The summed E-state index contributed by atoms with van der Waals surface area (Å²) in [6, 6.07) is 22.0. The Bertz CT molecular complexity index is 1880. The number of imidazole rings is 1. The molecule has 0 unspecified atom stereocenters. The van der Waals surface area contributed by atoms with Crippen LogP contribution in [0, 0.1) is 0 Å². The van der Waals surface area contributed by atoms with Gasteiger partial charge in [-0.05, 0) is 43.1 Å². The highest BCUT2D eigenvalue weighted by molar-refractivity contribution is 5.99. The van der Waals surface area contributed by atoms with Crippen LogP contribution in [0.15, 0.2) is 71.5 Å². The van der Waals surface area contributed by atoms with Crippen LogP contribution in [0.5, 0.6) is 6.01 Å². The van der Waals surface area contributed by atoms with Gasteiger partial charge in [-0.2, -0.15) is 4.98 Å². The highest BCUT2D eigenvalue weighted by Crippen LogP contribution is 2.35. The van der Waals surface area contributed by atoms with Gasteiger partial charge in [-0.25, -0.2) is 4.98 Å². The number of aromatic amines is 2. The highest BCUT2D eigenvalue weighted by Gasteiger charge is 2.22. The molecule has 196 valence electrons. The van der Waals surface area contributed by atoms with Gasteiger partial charge < -0.3 is 25.0 Å². The van der Waals surface area contributed by atoms with Gasteiger partial charge in [0.15, 0.2) is 0 Å². The molecule has 0 bridgehead atoms. The van der Waals surface area contributed by atoms with Crippen LogP contribution in [0.25, 0.3) is 44.2 Å². The molecule has 0 atom stereocenters. The van der Waals surface area contributed by atoms with Crippen LogP contribution in [0.2, 0.25) is 0 Å². The van der Waals surface area contributed by atoms with Gasteiger partial charge in [0, 0.05) is 42.0 Å². The molecule has 0 radical (unpaired) electrons. The lowest BCUT2D eigenvalue weighted by Crippen LogP contribution is -2.13. The van der Waals surface area contributed by atoms with Gasteiger partial charge in [-0.3, -0.25) is 9.59 Å². The Morgan fingerprint density at radius 1 is 0.949 bits per heavy atom. The predicted molar refractivity (Wildman–Crippen MR) is 152 cm³/mol. The number of benzene rings is 3. The fourth-order valence-corrected chi connectivity index (χ4v) is 5.18. The monoisotopic (exact) mass is 520 g/mol. The Morgan fingerprint density at radius 2 is 1.67 bits per heavy atom. The van der Waals surface area contributed by atoms with Crippen LogP contribution in [-0.4, -0.2) is 37.0 Å². The van der Waals surface area contributed by atoms with E-state index in [4.69, 9.17) is 15.5 Å². The quantitative estimate of drug-likeness (QED) is 0.197. The molecule has 0 fully saturated rings. The molecule has 3 aromatic carbocycles. The molecule has 3 aromatic heterocycles. The number of para-hydroxylation sites is 1. The van der Waals surface area contributed by atoms with E-state index in [-0.39, 0.29) is 11.6 Å². The molecule has 0 aliphatic heterocycles. The molecule has 9 nitrogen and oxygen atoms in total. The minimum absolute atomic E-state index is 0.0982. The fourth-order valence-electron chi connectivity index (χ4n) is 5.18.